The molecule has 4 heteroatoms. The van der Waals surface area contributed by atoms with Gasteiger partial charge >= 0.3 is 0 Å². The van der Waals surface area contributed by atoms with Gasteiger partial charge in [-0.1, -0.05) is 36.4 Å². The van der Waals surface area contributed by atoms with Gasteiger partial charge in [-0.05, 0) is 11.6 Å². The minimum Gasteiger partial charge on any atom is -0.489 e. The third-order valence-corrected chi connectivity index (χ3v) is 2.66. The molecule has 0 amide bonds. The van der Waals surface area contributed by atoms with E-state index in [4.69, 9.17) is 16.3 Å². The molecule has 1 nitrogen and oxygen atoms in total. The second-order valence-electron chi connectivity index (χ2n) is 3.79. The van der Waals surface area contributed by atoms with Crippen LogP contribution in [0.5, 0.6) is 5.75 Å². The molecule has 0 spiro atoms. The van der Waals surface area contributed by atoms with E-state index in [2.05, 4.69) is 12.6 Å². The molecule has 2 aromatic carbocycles. The van der Waals surface area contributed by atoms with E-state index in [0.29, 0.717) is 10.6 Å². The van der Waals surface area contributed by atoms with Crippen LogP contribution < -0.4 is 4.74 Å². The Kier molecular flexibility index (Phi) is 4.17. The number of halogens is 3. The maximum Gasteiger partial charge on any atom is 0.137 e. The summed E-state index contributed by atoms with van der Waals surface area (Å²) in [5.74, 6) is -1.30. The first-order valence-corrected chi connectivity index (χ1v) is 5.90. The zero-order valence-electron chi connectivity index (χ0n) is 9.92. The van der Waals surface area contributed by atoms with E-state index < -0.39 is 11.6 Å². The first-order chi connectivity index (χ1) is 9.11. The van der Waals surface area contributed by atoms with E-state index in [1.807, 2.05) is 0 Å². The van der Waals surface area contributed by atoms with Gasteiger partial charge in [0.15, 0.2) is 0 Å². The van der Waals surface area contributed by atoms with Gasteiger partial charge in [-0.2, -0.15) is 0 Å². The molecule has 0 saturated heterocycles. The summed E-state index contributed by atoms with van der Waals surface area (Å²) in [5, 5.41) is 0.295. The quantitative estimate of drug-likeness (QED) is 0.740. The third-order valence-electron chi connectivity index (χ3n) is 2.44. The van der Waals surface area contributed by atoms with Gasteiger partial charge in [0, 0.05) is 23.2 Å². The number of hydrogen-bond donors (Lipinski definition) is 0. The summed E-state index contributed by atoms with van der Waals surface area (Å²) in [6, 6.07) is 9.47. The molecule has 19 heavy (non-hydrogen) atoms. The Bertz CT molecular complexity index is 588. The summed E-state index contributed by atoms with van der Waals surface area (Å²) in [7, 11) is 0. The van der Waals surface area contributed by atoms with E-state index in [0.717, 1.165) is 12.1 Å². The minimum atomic E-state index is -0.707. The maximum absolute atomic E-state index is 14.0. The monoisotopic (exact) mass is 279 g/mol. The van der Waals surface area contributed by atoms with Crippen LogP contribution in [0.25, 0.3) is 11.1 Å². The van der Waals surface area contributed by atoms with Crippen molar-refractivity contribution in [2.75, 3.05) is 6.61 Å². The van der Waals surface area contributed by atoms with Crippen molar-refractivity contribution in [1.82, 2.24) is 0 Å². The smallest absolute Gasteiger partial charge is 0.137 e. The Balaban J connectivity index is 2.44. The second kappa shape index (κ2) is 5.85. The van der Waals surface area contributed by atoms with E-state index >= 15 is 0 Å². The molecule has 2 aromatic rings. The van der Waals surface area contributed by atoms with Crippen LogP contribution in [0, 0.1) is 17.7 Å². The van der Waals surface area contributed by atoms with Crippen molar-refractivity contribution >= 4 is 11.6 Å². The molecule has 0 aliphatic heterocycles. The lowest BCUT2D eigenvalue weighted by Gasteiger charge is -2.09. The first kappa shape index (κ1) is 13.6. The summed E-state index contributed by atoms with van der Waals surface area (Å²) < 4.78 is 33.0. The van der Waals surface area contributed by atoms with Gasteiger partial charge < -0.3 is 4.74 Å². The fraction of sp³-hybridized carbons (Fsp3) is 0.0667. The molecule has 0 unspecified atom stereocenters. The average Bonchev–Trinajstić information content (AvgIpc) is 2.35. The summed E-state index contributed by atoms with van der Waals surface area (Å²) in [4.78, 5) is 0. The minimum absolute atomic E-state index is 0.118. The SMILES string of the molecule is C=CCOc1cc(F)c(-c2cc[c]c(Cl)c2)c(F)c1. The van der Waals surface area contributed by atoms with Gasteiger partial charge in [-0.25, -0.2) is 8.78 Å². The van der Waals surface area contributed by atoms with Crippen molar-refractivity contribution < 1.29 is 13.5 Å². The summed E-state index contributed by atoms with van der Waals surface area (Å²) in [6.45, 7) is 3.65. The Hall–Kier alpha value is -1.87. The fourth-order valence-electron chi connectivity index (χ4n) is 1.66. The van der Waals surface area contributed by atoms with Crippen LogP contribution in [0.1, 0.15) is 0 Å². The molecule has 0 heterocycles. The van der Waals surface area contributed by atoms with E-state index in [1.54, 1.807) is 0 Å². The highest BCUT2D eigenvalue weighted by atomic mass is 35.5. The fourth-order valence-corrected chi connectivity index (χ4v) is 1.84. The topological polar surface area (TPSA) is 9.23 Å². The number of rotatable bonds is 4. The van der Waals surface area contributed by atoms with Crippen molar-refractivity contribution in [3.63, 3.8) is 0 Å². The highest BCUT2D eigenvalue weighted by Crippen LogP contribution is 2.30. The molecule has 0 saturated carbocycles. The highest BCUT2D eigenvalue weighted by Gasteiger charge is 2.14. The zero-order valence-corrected chi connectivity index (χ0v) is 10.7. The summed E-state index contributed by atoms with van der Waals surface area (Å²) in [5.41, 5.74) is 0.218. The molecule has 0 aromatic heterocycles. The summed E-state index contributed by atoms with van der Waals surface area (Å²) >= 11 is 5.76. The van der Waals surface area contributed by atoms with Crippen LogP contribution in [0.15, 0.2) is 43.0 Å². The summed E-state index contributed by atoms with van der Waals surface area (Å²) in [6.07, 6.45) is 1.50. The molecule has 0 fully saturated rings. The molecule has 2 rings (SSSR count). The van der Waals surface area contributed by atoms with Crippen molar-refractivity contribution in [2.24, 2.45) is 0 Å². The molecule has 1 radical (unpaired) electrons. The van der Waals surface area contributed by atoms with Crippen LogP contribution >= 0.6 is 11.6 Å². The van der Waals surface area contributed by atoms with Crippen LogP contribution in [-0.2, 0) is 0 Å². The van der Waals surface area contributed by atoms with Crippen LogP contribution in [0.3, 0.4) is 0 Å². The van der Waals surface area contributed by atoms with E-state index in [-0.39, 0.29) is 17.9 Å². The molecular weight excluding hydrogens is 270 g/mol. The lowest BCUT2D eigenvalue weighted by Crippen LogP contribution is -1.97. The second-order valence-corrected chi connectivity index (χ2v) is 4.19. The van der Waals surface area contributed by atoms with Crippen molar-refractivity contribution in [3.05, 3.63) is 65.7 Å². The lowest BCUT2D eigenvalue weighted by molar-refractivity contribution is 0.358. The van der Waals surface area contributed by atoms with Gasteiger partial charge in [0.05, 0.1) is 5.56 Å². The normalized spacial score (nSPS) is 10.3. The standard InChI is InChI=1S/C15H10ClF2O/c1-2-6-19-12-8-13(17)15(14(18)9-12)10-4-3-5-11(16)7-10/h2-4,7-9H,1,6H2. The van der Waals surface area contributed by atoms with Gasteiger partial charge in [-0.3, -0.25) is 0 Å². The molecule has 0 aliphatic carbocycles. The van der Waals surface area contributed by atoms with Gasteiger partial charge in [0.1, 0.15) is 24.0 Å². The van der Waals surface area contributed by atoms with Crippen LogP contribution in [-0.4, -0.2) is 6.61 Å². The van der Waals surface area contributed by atoms with E-state index in [1.165, 1.54) is 24.3 Å². The Morgan fingerprint density at radius 2 is 1.95 bits per heavy atom. The molecule has 0 N–H and O–H groups in total. The van der Waals surface area contributed by atoms with E-state index in [9.17, 15) is 8.78 Å². The average molecular weight is 280 g/mol. The molecule has 0 aliphatic rings. The molecule has 0 bridgehead atoms. The maximum atomic E-state index is 14.0. The molecular formula is C15H10ClF2O. The predicted octanol–water partition coefficient (Wildman–Crippen LogP) is 4.65. The van der Waals surface area contributed by atoms with Crippen molar-refractivity contribution in [1.29, 1.82) is 0 Å². The Morgan fingerprint density at radius 3 is 2.53 bits per heavy atom. The lowest BCUT2D eigenvalue weighted by atomic mass is 10.0. The number of hydrogen-bond acceptors (Lipinski definition) is 1. The predicted molar refractivity (Wildman–Crippen MR) is 71.3 cm³/mol. The van der Waals surface area contributed by atoms with Crippen LogP contribution in [0.2, 0.25) is 5.02 Å². The van der Waals surface area contributed by atoms with Crippen molar-refractivity contribution in [2.45, 2.75) is 0 Å². The zero-order chi connectivity index (χ0) is 13.8. The molecule has 97 valence electrons. The van der Waals surface area contributed by atoms with Crippen LogP contribution in [0.4, 0.5) is 8.78 Å². The third kappa shape index (κ3) is 3.12. The van der Waals surface area contributed by atoms with Crippen molar-refractivity contribution in [3.8, 4) is 16.9 Å². The largest absolute Gasteiger partial charge is 0.489 e. The van der Waals surface area contributed by atoms with Gasteiger partial charge in [0.25, 0.3) is 0 Å². The molecule has 0 atom stereocenters. The number of benzene rings is 2. The highest BCUT2D eigenvalue weighted by molar-refractivity contribution is 6.30. The Morgan fingerprint density at radius 1 is 1.26 bits per heavy atom. The van der Waals surface area contributed by atoms with Gasteiger partial charge in [0.2, 0.25) is 0 Å². The van der Waals surface area contributed by atoms with Gasteiger partial charge in [-0.15, -0.1) is 0 Å². The first-order valence-electron chi connectivity index (χ1n) is 5.52. The Labute approximate surface area is 115 Å². The number of ether oxygens (including phenoxy) is 1.